The van der Waals surface area contributed by atoms with Gasteiger partial charge in [0.2, 0.25) is 0 Å². The summed E-state index contributed by atoms with van der Waals surface area (Å²) >= 11 is 0. The molecule has 0 aromatic heterocycles. The van der Waals surface area contributed by atoms with Crippen LogP contribution in [0.4, 0.5) is 0 Å². The third-order valence-corrected chi connectivity index (χ3v) is 18.7. The van der Waals surface area contributed by atoms with E-state index in [2.05, 4.69) is 152 Å². The number of hydrogen-bond donors (Lipinski definition) is 0. The Morgan fingerprint density at radius 3 is 1.21 bits per heavy atom. The van der Waals surface area contributed by atoms with Crippen molar-refractivity contribution in [3.63, 3.8) is 0 Å². The largest absolute Gasteiger partial charge is 0.0885 e. The van der Waals surface area contributed by atoms with Crippen molar-refractivity contribution in [2.24, 2.45) is 35.0 Å². The van der Waals surface area contributed by atoms with Gasteiger partial charge in [-0.1, -0.05) is 249 Å². The predicted molar refractivity (Wildman–Crippen MR) is 361 cm³/mol. The van der Waals surface area contributed by atoms with E-state index in [0.29, 0.717) is 5.41 Å². The zero-order valence-electron chi connectivity index (χ0n) is 51.5. The van der Waals surface area contributed by atoms with Crippen LogP contribution in [0.5, 0.6) is 0 Å². The summed E-state index contributed by atoms with van der Waals surface area (Å²) in [7, 11) is 0. The molecule has 0 saturated heterocycles. The van der Waals surface area contributed by atoms with E-state index in [0.717, 1.165) is 48.9 Å². The van der Waals surface area contributed by atoms with Crippen molar-refractivity contribution < 1.29 is 0 Å². The van der Waals surface area contributed by atoms with E-state index < -0.39 is 0 Å². The van der Waals surface area contributed by atoms with Gasteiger partial charge in [0.15, 0.2) is 0 Å². The molecule has 16 aliphatic rings. The first-order chi connectivity index (χ1) is 40.3. The van der Waals surface area contributed by atoms with E-state index in [4.69, 9.17) is 0 Å². The molecule has 0 heteroatoms. The zero-order chi connectivity index (χ0) is 56.0. The van der Waals surface area contributed by atoms with Crippen molar-refractivity contribution in [1.82, 2.24) is 0 Å². The molecule has 1 spiro atoms. The molecule has 81 heavy (non-hydrogen) atoms. The Morgan fingerprint density at radius 1 is 0.309 bits per heavy atom. The summed E-state index contributed by atoms with van der Waals surface area (Å²) in [4.78, 5) is 0. The van der Waals surface area contributed by atoms with Crippen LogP contribution in [0, 0.1) is 35.0 Å². The van der Waals surface area contributed by atoms with Gasteiger partial charge in [0.25, 0.3) is 0 Å². The minimum Gasteiger partial charge on any atom is -0.0885 e. The monoisotopic (exact) mass is 1090 g/mol. The highest BCUT2D eigenvalue weighted by Crippen LogP contribution is 2.44. The Kier molecular flexibility index (Phi) is 35.5. The maximum absolute atomic E-state index is 2.52. The zero-order valence-corrected chi connectivity index (χ0v) is 51.5. The minimum absolute atomic E-state index is 0.677. The first-order valence-electron chi connectivity index (χ1n) is 34.3. The predicted octanol–water partition coefficient (Wildman–Crippen LogP) is 25.5. The average Bonchev–Trinajstić information content (AvgIpc) is 4.42. The summed E-state index contributed by atoms with van der Waals surface area (Å²) in [6, 6.07) is 0. The van der Waals surface area contributed by atoms with Crippen LogP contribution in [0.15, 0.2) is 217 Å². The quantitative estimate of drug-likeness (QED) is 0.212. The van der Waals surface area contributed by atoms with E-state index in [9.17, 15) is 0 Å². The van der Waals surface area contributed by atoms with Gasteiger partial charge < -0.3 is 0 Å². The lowest BCUT2D eigenvalue weighted by Crippen LogP contribution is -2.23. The minimum atomic E-state index is 0.677. The van der Waals surface area contributed by atoms with Crippen LogP contribution in [-0.2, 0) is 0 Å². The Hall–Kier alpha value is -4.68. The molecule has 0 aromatic carbocycles. The molecular formula is C81H116. The van der Waals surface area contributed by atoms with Gasteiger partial charge in [-0.2, -0.15) is 0 Å². The molecule has 16 rings (SSSR count). The first-order valence-corrected chi connectivity index (χ1v) is 34.3. The van der Waals surface area contributed by atoms with Gasteiger partial charge in [0.1, 0.15) is 0 Å². The molecule has 0 aromatic rings. The summed E-state index contributed by atoms with van der Waals surface area (Å²) in [6.07, 6.45) is 127. The van der Waals surface area contributed by atoms with Crippen LogP contribution in [0.1, 0.15) is 250 Å². The Labute approximate surface area is 499 Å². The van der Waals surface area contributed by atoms with Gasteiger partial charge in [0, 0.05) is 0 Å². The highest BCUT2D eigenvalue weighted by atomic mass is 14.3. The lowest BCUT2D eigenvalue weighted by atomic mass is 9.69. The van der Waals surface area contributed by atoms with Gasteiger partial charge in [-0.25, -0.2) is 0 Å². The van der Waals surface area contributed by atoms with E-state index in [1.54, 1.807) is 5.57 Å². The van der Waals surface area contributed by atoms with Gasteiger partial charge in [-0.15, -0.1) is 0 Å². The third-order valence-electron chi connectivity index (χ3n) is 18.7. The Morgan fingerprint density at radius 2 is 0.815 bits per heavy atom. The molecule has 0 amide bonds. The SMILES string of the molecule is C1=C/C=C\C=C/C=C1.C1=CC2(CCC1)CCCCC2.C1=CC2CCC1C2.C1=CC2CCCC2=C1.C1=CC2CCCCC2C1.C1=CCC=C1.C1=CCC=CC1.C1=CCCC1.C1=CCCC=C1.C1=CCCCC1.C1CCC2=C(C1)CCCC2. The van der Waals surface area contributed by atoms with E-state index >= 15 is 0 Å². The van der Waals surface area contributed by atoms with Crippen LogP contribution >= 0.6 is 0 Å². The summed E-state index contributed by atoms with van der Waals surface area (Å²) in [5.74, 6) is 4.88. The third kappa shape index (κ3) is 29.9. The van der Waals surface area contributed by atoms with Crippen molar-refractivity contribution >= 4 is 0 Å². The molecule has 0 nitrogen and oxygen atoms in total. The molecule has 4 fully saturated rings. The van der Waals surface area contributed by atoms with Crippen molar-refractivity contribution in [3.05, 3.63) is 217 Å². The van der Waals surface area contributed by atoms with Crippen LogP contribution in [0.3, 0.4) is 0 Å². The number of fused-ring (bicyclic) bond motifs is 4. The smallest absolute Gasteiger partial charge is 0.00169 e. The van der Waals surface area contributed by atoms with E-state index in [1.807, 2.05) is 59.8 Å². The molecule has 0 heterocycles. The van der Waals surface area contributed by atoms with Gasteiger partial charge in [-0.05, 0) is 253 Å². The molecule has 0 radical (unpaired) electrons. The summed E-state index contributed by atoms with van der Waals surface area (Å²) in [5.41, 5.74) is 6.04. The molecule has 5 unspecified atom stereocenters. The second-order valence-corrected chi connectivity index (χ2v) is 25.2. The second kappa shape index (κ2) is 43.9. The van der Waals surface area contributed by atoms with Crippen LogP contribution in [-0.4, -0.2) is 0 Å². The Balaban J connectivity index is 0.000000145. The second-order valence-electron chi connectivity index (χ2n) is 25.2. The molecule has 0 N–H and O–H groups in total. The average molecular weight is 1090 g/mol. The standard InChI is InChI=1S/C11H18.C10H16.C9H14.C8H10.C8H8.C7H10.C6H10.2C6H8.C5H8.C5H6/c1-3-7-11(8-4-1)9-5-2-6-10-11;1-2-6-10-8-4-3-7-9(10)5-1;1-2-5-9-7-3-6-8(9)4-1;1-3-7-5-2-6-8(7)4-1;1-2-4-6-8-7-5-3-1;1-2-7-4-3-6(1)5-7;3*1-2-4-6-5-3-1;2*1-2-4-5-3-1/h3,7H,1-2,4-6,8-10H2;1-8H2;3,6,8-9H,1-2,4-5,7H2;1,3-4,7H,2,5-6H2;1-8H;1-2,6-7H,3-5H2;1-2H,3-6H2;1-2,5-6H,3-4H2;1-4H,5-6H2;1-2H,3-5H2;1-4H,5H2/b;;;;2-1-,3-1?,4-2?,5-3-,6-4?,7-5?,8-6?,8-7?;;;;;;. The molecule has 0 aliphatic heterocycles. The normalized spacial score (nSPS) is 28.0. The lowest BCUT2D eigenvalue weighted by Gasteiger charge is -2.36. The maximum atomic E-state index is 2.52. The molecular weight excluding hydrogens is 973 g/mol. The van der Waals surface area contributed by atoms with Crippen molar-refractivity contribution in [2.45, 2.75) is 250 Å². The lowest BCUT2D eigenvalue weighted by molar-refractivity contribution is 0.226. The van der Waals surface area contributed by atoms with Gasteiger partial charge in [0.05, 0.1) is 0 Å². The highest BCUT2D eigenvalue weighted by molar-refractivity contribution is 5.29. The van der Waals surface area contributed by atoms with Crippen molar-refractivity contribution in [3.8, 4) is 0 Å². The highest BCUT2D eigenvalue weighted by Gasteiger charge is 2.30. The van der Waals surface area contributed by atoms with E-state index in [-0.39, 0.29) is 0 Å². The van der Waals surface area contributed by atoms with Gasteiger partial charge >= 0.3 is 0 Å². The van der Waals surface area contributed by atoms with Gasteiger partial charge in [-0.3, -0.25) is 0 Å². The number of allylic oxidation sites excluding steroid dienone is 36. The molecule has 4 saturated carbocycles. The summed E-state index contributed by atoms with van der Waals surface area (Å²) < 4.78 is 0. The molecule has 2 bridgehead atoms. The van der Waals surface area contributed by atoms with E-state index in [1.165, 1.54) is 231 Å². The summed E-state index contributed by atoms with van der Waals surface area (Å²) in [6.45, 7) is 0. The fourth-order valence-electron chi connectivity index (χ4n) is 13.9. The number of rotatable bonds is 0. The first kappa shape index (κ1) is 65.5. The van der Waals surface area contributed by atoms with Crippen LogP contribution < -0.4 is 0 Å². The fraction of sp³-hybridized carbons (Fsp3) is 0.556. The maximum Gasteiger partial charge on any atom is -0.00169 e. The molecule has 5 atom stereocenters. The van der Waals surface area contributed by atoms with Crippen LogP contribution in [0.25, 0.3) is 0 Å². The topological polar surface area (TPSA) is 0 Å². The summed E-state index contributed by atoms with van der Waals surface area (Å²) in [5, 5.41) is 0. The fourth-order valence-corrected chi connectivity index (χ4v) is 13.9. The Bertz CT molecular complexity index is 2080. The number of hydrogen-bond acceptors (Lipinski definition) is 0. The van der Waals surface area contributed by atoms with Crippen molar-refractivity contribution in [1.29, 1.82) is 0 Å². The van der Waals surface area contributed by atoms with Crippen molar-refractivity contribution in [2.75, 3.05) is 0 Å². The molecule has 16 aliphatic carbocycles. The van der Waals surface area contributed by atoms with Crippen LogP contribution in [0.2, 0.25) is 0 Å². The molecule has 440 valence electrons.